The lowest BCUT2D eigenvalue weighted by molar-refractivity contribution is 1.24. The molecule has 1 aliphatic rings. The number of hydrogen-bond donors (Lipinski definition) is 2. The molecule has 0 unspecified atom stereocenters. The molecule has 2 nitrogen and oxygen atoms in total. The van der Waals surface area contributed by atoms with E-state index in [1.807, 2.05) is 5.70 Å². The zero-order chi connectivity index (χ0) is 4.41. The van der Waals surface area contributed by atoms with E-state index < -0.39 is 9.12 Å². The maximum Gasteiger partial charge on any atom is 0.197 e. The van der Waals surface area contributed by atoms with E-state index in [0.717, 1.165) is 0 Å². The molecular formula is C2H8N2Si2. The van der Waals surface area contributed by atoms with Crippen molar-refractivity contribution in [2.24, 2.45) is 0 Å². The van der Waals surface area contributed by atoms with Crippen molar-refractivity contribution in [3.05, 3.63) is 12.3 Å². The second-order valence-corrected chi connectivity index (χ2v) is 6.34. The molecular weight excluding hydrogens is 108 g/mol. The fourth-order valence-electron chi connectivity index (χ4n) is 0.387. The highest BCUT2D eigenvalue weighted by Gasteiger charge is 2.11. The van der Waals surface area contributed by atoms with Crippen LogP contribution in [0, 0.1) is 0 Å². The summed E-state index contributed by atoms with van der Waals surface area (Å²) < 4.78 is 6.69. The Hall–Kier alpha value is 0.0938. The Morgan fingerprint density at radius 1 is 1.67 bits per heavy atom. The first kappa shape index (κ1) is 4.26. The maximum atomic E-state index is 3.64. The Kier molecular flexibility index (Phi) is 1.20. The lowest BCUT2D eigenvalue weighted by Gasteiger charge is -2.23. The van der Waals surface area contributed by atoms with Crippen LogP contribution in [-0.2, 0) is 0 Å². The highest BCUT2D eigenvalue weighted by Crippen LogP contribution is 1.74. The van der Waals surface area contributed by atoms with Gasteiger partial charge in [0.1, 0.15) is 0 Å². The normalized spacial score (nSPS) is 35.7. The summed E-state index contributed by atoms with van der Waals surface area (Å²) in [5, 5.41) is 0. The van der Waals surface area contributed by atoms with Gasteiger partial charge < -0.3 is 9.30 Å². The zero-order valence-electron chi connectivity index (χ0n) is 3.57. The first-order valence-electron chi connectivity index (χ1n) is 2.03. The van der Waals surface area contributed by atoms with E-state index in [4.69, 9.17) is 0 Å². The number of nitrogens with one attached hydrogen (secondary N) is 2. The second-order valence-electron chi connectivity index (χ2n) is 1.30. The van der Waals surface area contributed by atoms with Crippen LogP contribution < -0.4 is 9.30 Å². The Morgan fingerprint density at radius 3 is 2.33 bits per heavy atom. The molecule has 1 aliphatic heterocycles. The van der Waals surface area contributed by atoms with Gasteiger partial charge in [0.15, 0.2) is 19.0 Å². The smallest absolute Gasteiger partial charge is 0.197 e. The van der Waals surface area contributed by atoms with Crippen molar-refractivity contribution in [3.8, 4) is 0 Å². The van der Waals surface area contributed by atoms with Crippen LogP contribution in [0.2, 0.25) is 0 Å². The molecule has 6 heavy (non-hydrogen) atoms. The standard InChI is InChI=1S/C2H8N2Si2/c1-2-6-3-5-4-6/h2-4,6H,1,5H2. The Morgan fingerprint density at radius 2 is 2.33 bits per heavy atom. The third-order valence-electron chi connectivity index (χ3n) is 0.880. The van der Waals surface area contributed by atoms with Gasteiger partial charge in [0, 0.05) is 0 Å². The maximum absolute atomic E-state index is 3.64. The van der Waals surface area contributed by atoms with Gasteiger partial charge >= 0.3 is 0 Å². The molecule has 0 saturated carbocycles. The minimum atomic E-state index is -0.654. The zero-order valence-corrected chi connectivity index (χ0v) is 6.14. The predicted molar refractivity (Wildman–Crippen MR) is 32.2 cm³/mol. The first-order chi connectivity index (χ1) is 2.93. The van der Waals surface area contributed by atoms with Gasteiger partial charge in [-0.2, -0.15) is 0 Å². The largest absolute Gasteiger partial charge is 0.340 e. The van der Waals surface area contributed by atoms with E-state index in [0.29, 0.717) is 0 Å². The summed E-state index contributed by atoms with van der Waals surface area (Å²) in [6.45, 7) is 3.64. The molecule has 0 amide bonds. The van der Waals surface area contributed by atoms with Crippen LogP contribution in [0.25, 0.3) is 0 Å². The van der Waals surface area contributed by atoms with Gasteiger partial charge in [-0.1, -0.05) is 5.70 Å². The molecule has 0 radical (unpaired) electrons. The number of rotatable bonds is 1. The van der Waals surface area contributed by atoms with Crippen LogP contribution in [0.3, 0.4) is 0 Å². The van der Waals surface area contributed by atoms with Gasteiger partial charge in [-0.05, 0) is 0 Å². The van der Waals surface area contributed by atoms with Crippen molar-refractivity contribution < 1.29 is 0 Å². The summed E-state index contributed by atoms with van der Waals surface area (Å²) in [5.41, 5.74) is 2.01. The van der Waals surface area contributed by atoms with Gasteiger partial charge in [-0.25, -0.2) is 0 Å². The monoisotopic (exact) mass is 116 g/mol. The van der Waals surface area contributed by atoms with Crippen LogP contribution in [0.5, 0.6) is 0 Å². The highest BCUT2D eigenvalue weighted by molar-refractivity contribution is 6.81. The second kappa shape index (κ2) is 1.70. The average Bonchev–Trinajstić information content (AvgIpc) is 1.31. The topological polar surface area (TPSA) is 24.1 Å². The lowest BCUT2D eigenvalue weighted by atomic mass is 11.3. The third-order valence-corrected chi connectivity index (χ3v) is 6.50. The van der Waals surface area contributed by atoms with Gasteiger partial charge in [0.25, 0.3) is 0 Å². The van der Waals surface area contributed by atoms with Crippen LogP contribution in [0.15, 0.2) is 12.3 Å². The Labute approximate surface area is 41.4 Å². The molecule has 1 fully saturated rings. The molecule has 1 heterocycles. The molecule has 34 valence electrons. The minimum Gasteiger partial charge on any atom is -0.340 e. The predicted octanol–water partition coefficient (Wildman–Crippen LogP) is -1.88. The molecule has 0 aliphatic carbocycles. The summed E-state index contributed by atoms with van der Waals surface area (Å²) >= 11 is 0. The van der Waals surface area contributed by atoms with Crippen molar-refractivity contribution >= 4 is 19.0 Å². The quantitative estimate of drug-likeness (QED) is 0.392. The molecule has 4 heteroatoms. The Bertz CT molecular complexity index is 60.6. The molecule has 1 rings (SSSR count). The summed E-state index contributed by atoms with van der Waals surface area (Å²) in [7, 11) is -0.617. The average molecular weight is 116 g/mol. The lowest BCUT2D eigenvalue weighted by Crippen LogP contribution is -2.65. The van der Waals surface area contributed by atoms with E-state index in [2.05, 4.69) is 15.9 Å². The summed E-state index contributed by atoms with van der Waals surface area (Å²) in [5.74, 6) is 0. The van der Waals surface area contributed by atoms with Gasteiger partial charge in [0.05, 0.1) is 0 Å². The summed E-state index contributed by atoms with van der Waals surface area (Å²) in [6, 6.07) is 0. The minimum absolute atomic E-state index is 0.0370. The molecule has 0 spiro atoms. The van der Waals surface area contributed by atoms with Gasteiger partial charge in [-0.3, -0.25) is 0 Å². The van der Waals surface area contributed by atoms with Crippen molar-refractivity contribution in [2.45, 2.75) is 0 Å². The molecule has 2 N–H and O–H groups in total. The van der Waals surface area contributed by atoms with E-state index in [1.165, 1.54) is 0 Å². The molecule has 0 aromatic heterocycles. The van der Waals surface area contributed by atoms with Crippen molar-refractivity contribution in [1.29, 1.82) is 0 Å². The third kappa shape index (κ3) is 0.598. The van der Waals surface area contributed by atoms with Crippen LogP contribution in [0.1, 0.15) is 0 Å². The first-order valence-corrected chi connectivity index (χ1v) is 5.26. The molecule has 0 aromatic rings. The SMILES string of the molecule is C=C[SiH]1N[SiH2]N1. The van der Waals surface area contributed by atoms with E-state index in [-0.39, 0.29) is 9.84 Å². The van der Waals surface area contributed by atoms with E-state index >= 15 is 0 Å². The van der Waals surface area contributed by atoms with Crippen LogP contribution in [0.4, 0.5) is 0 Å². The van der Waals surface area contributed by atoms with E-state index in [1.54, 1.807) is 0 Å². The molecule has 0 atom stereocenters. The van der Waals surface area contributed by atoms with Crippen LogP contribution in [-0.4, -0.2) is 19.0 Å². The summed E-state index contributed by atoms with van der Waals surface area (Å²) in [4.78, 5) is 0. The highest BCUT2D eigenvalue weighted by atomic mass is 28.4. The molecule has 0 bridgehead atoms. The van der Waals surface area contributed by atoms with Crippen molar-refractivity contribution in [3.63, 3.8) is 0 Å². The van der Waals surface area contributed by atoms with Crippen molar-refractivity contribution in [1.82, 2.24) is 9.30 Å². The number of hydrogen-bond acceptors (Lipinski definition) is 2. The van der Waals surface area contributed by atoms with Gasteiger partial charge in [-0.15, -0.1) is 6.58 Å². The molecule has 0 aromatic carbocycles. The van der Waals surface area contributed by atoms with E-state index in [9.17, 15) is 0 Å². The molecule has 1 saturated heterocycles. The summed E-state index contributed by atoms with van der Waals surface area (Å²) in [6.07, 6.45) is 0. The van der Waals surface area contributed by atoms with Crippen LogP contribution >= 0.6 is 0 Å². The fraction of sp³-hybridized carbons (Fsp3) is 0. The van der Waals surface area contributed by atoms with Crippen molar-refractivity contribution in [2.75, 3.05) is 0 Å². The Balaban J connectivity index is 2.16. The fourth-order valence-corrected chi connectivity index (χ4v) is 3.48. The van der Waals surface area contributed by atoms with Gasteiger partial charge in [0.2, 0.25) is 0 Å².